The van der Waals surface area contributed by atoms with Gasteiger partial charge in [0.2, 0.25) is 11.8 Å². The molecule has 1 aliphatic heterocycles. The quantitative estimate of drug-likeness (QED) is 0.913. The first kappa shape index (κ1) is 18.0. The van der Waals surface area contributed by atoms with Crippen LogP contribution in [0.15, 0.2) is 24.3 Å². The number of benzene rings is 1. The molecular formula is C21H30N2O2. The van der Waals surface area contributed by atoms with Crippen LogP contribution < -0.4 is 5.32 Å². The SMILES string of the molecule is Cc1ccc(CN2C[C@@H](C(=O)N[C@H]3CCC[C@@H](C)[C@@H]3C)CC2=O)cc1. The summed E-state index contributed by atoms with van der Waals surface area (Å²) in [5.41, 5.74) is 2.33. The number of rotatable bonds is 4. The van der Waals surface area contributed by atoms with E-state index >= 15 is 0 Å². The molecule has 4 atom stereocenters. The minimum Gasteiger partial charge on any atom is -0.353 e. The summed E-state index contributed by atoms with van der Waals surface area (Å²) in [6, 6.07) is 8.50. The Labute approximate surface area is 151 Å². The second-order valence-corrected chi connectivity index (χ2v) is 8.04. The van der Waals surface area contributed by atoms with E-state index in [1.807, 2.05) is 4.90 Å². The third-order valence-electron chi connectivity index (χ3n) is 6.11. The third kappa shape index (κ3) is 4.23. The number of amides is 2. The van der Waals surface area contributed by atoms with Crippen molar-refractivity contribution in [3.63, 3.8) is 0 Å². The number of carbonyl (C=O) groups excluding carboxylic acids is 2. The molecule has 4 heteroatoms. The summed E-state index contributed by atoms with van der Waals surface area (Å²) in [7, 11) is 0. The van der Waals surface area contributed by atoms with Gasteiger partial charge >= 0.3 is 0 Å². The van der Waals surface area contributed by atoms with Crippen molar-refractivity contribution in [2.75, 3.05) is 6.54 Å². The molecule has 0 bridgehead atoms. The Morgan fingerprint density at radius 2 is 1.92 bits per heavy atom. The second-order valence-electron chi connectivity index (χ2n) is 8.04. The van der Waals surface area contributed by atoms with Gasteiger partial charge in [-0.3, -0.25) is 9.59 Å². The van der Waals surface area contributed by atoms with E-state index in [1.54, 1.807) is 0 Å². The highest BCUT2D eigenvalue weighted by Gasteiger charge is 2.36. The molecule has 0 radical (unpaired) electrons. The molecule has 2 aliphatic rings. The van der Waals surface area contributed by atoms with Crippen molar-refractivity contribution < 1.29 is 9.59 Å². The van der Waals surface area contributed by atoms with Crippen LogP contribution in [0.5, 0.6) is 0 Å². The fourth-order valence-corrected chi connectivity index (χ4v) is 4.10. The normalized spacial score (nSPS) is 29.7. The molecule has 1 aliphatic carbocycles. The molecule has 1 N–H and O–H groups in total. The fraction of sp³-hybridized carbons (Fsp3) is 0.619. The summed E-state index contributed by atoms with van der Waals surface area (Å²) in [5.74, 6) is 1.11. The molecule has 136 valence electrons. The van der Waals surface area contributed by atoms with Gasteiger partial charge in [0.25, 0.3) is 0 Å². The molecule has 0 aromatic heterocycles. The van der Waals surface area contributed by atoms with Crippen molar-refractivity contribution in [3.05, 3.63) is 35.4 Å². The second kappa shape index (κ2) is 7.59. The number of nitrogens with zero attached hydrogens (tertiary/aromatic N) is 1. The Morgan fingerprint density at radius 3 is 2.64 bits per heavy atom. The van der Waals surface area contributed by atoms with Crippen molar-refractivity contribution in [1.29, 1.82) is 0 Å². The van der Waals surface area contributed by atoms with E-state index in [-0.39, 0.29) is 23.8 Å². The number of carbonyl (C=O) groups is 2. The van der Waals surface area contributed by atoms with Crippen LogP contribution in [0.3, 0.4) is 0 Å². The summed E-state index contributed by atoms with van der Waals surface area (Å²) in [6.07, 6.45) is 3.83. The van der Waals surface area contributed by atoms with Gasteiger partial charge in [-0.2, -0.15) is 0 Å². The molecule has 4 nitrogen and oxygen atoms in total. The lowest BCUT2D eigenvalue weighted by Crippen LogP contribution is -2.46. The molecule has 0 unspecified atom stereocenters. The number of hydrogen-bond donors (Lipinski definition) is 1. The first-order valence-corrected chi connectivity index (χ1v) is 9.57. The Morgan fingerprint density at radius 1 is 1.20 bits per heavy atom. The first-order valence-electron chi connectivity index (χ1n) is 9.57. The smallest absolute Gasteiger partial charge is 0.225 e. The molecule has 1 aromatic carbocycles. The minimum absolute atomic E-state index is 0.0608. The Balaban J connectivity index is 1.56. The summed E-state index contributed by atoms with van der Waals surface area (Å²) in [6.45, 7) is 7.69. The monoisotopic (exact) mass is 342 g/mol. The van der Waals surface area contributed by atoms with Gasteiger partial charge in [-0.25, -0.2) is 0 Å². The highest BCUT2D eigenvalue weighted by molar-refractivity contribution is 5.89. The maximum Gasteiger partial charge on any atom is 0.225 e. The Kier molecular flexibility index (Phi) is 5.45. The number of nitrogens with one attached hydrogen (secondary N) is 1. The molecule has 1 saturated carbocycles. The van der Waals surface area contributed by atoms with E-state index in [4.69, 9.17) is 0 Å². The molecule has 1 aromatic rings. The molecule has 25 heavy (non-hydrogen) atoms. The van der Waals surface area contributed by atoms with Crippen LogP contribution in [0, 0.1) is 24.7 Å². The molecule has 3 rings (SSSR count). The van der Waals surface area contributed by atoms with Gasteiger partial charge < -0.3 is 10.2 Å². The minimum atomic E-state index is -0.206. The predicted octanol–water partition coefficient (Wildman–Crippen LogP) is 3.28. The molecule has 2 fully saturated rings. The average Bonchev–Trinajstić information content (AvgIpc) is 2.95. The Bertz CT molecular complexity index is 625. The van der Waals surface area contributed by atoms with Crippen LogP contribution in [-0.4, -0.2) is 29.3 Å². The van der Waals surface area contributed by atoms with E-state index < -0.39 is 0 Å². The van der Waals surface area contributed by atoms with Crippen LogP contribution in [0.4, 0.5) is 0 Å². The predicted molar refractivity (Wildman–Crippen MR) is 98.8 cm³/mol. The van der Waals surface area contributed by atoms with Gasteiger partial charge in [0.05, 0.1) is 5.92 Å². The van der Waals surface area contributed by atoms with Gasteiger partial charge in [0.1, 0.15) is 0 Å². The van der Waals surface area contributed by atoms with Crippen molar-refractivity contribution in [2.24, 2.45) is 17.8 Å². The fourth-order valence-electron chi connectivity index (χ4n) is 4.10. The zero-order valence-electron chi connectivity index (χ0n) is 15.6. The zero-order valence-corrected chi connectivity index (χ0v) is 15.6. The van der Waals surface area contributed by atoms with Gasteiger partial charge in [-0.05, 0) is 30.7 Å². The number of likely N-dealkylation sites (tertiary alicyclic amines) is 1. The van der Waals surface area contributed by atoms with E-state index in [2.05, 4.69) is 50.4 Å². The molecule has 0 spiro atoms. The zero-order chi connectivity index (χ0) is 18.0. The van der Waals surface area contributed by atoms with E-state index in [1.165, 1.54) is 18.4 Å². The largest absolute Gasteiger partial charge is 0.353 e. The van der Waals surface area contributed by atoms with Gasteiger partial charge in [-0.1, -0.05) is 56.5 Å². The van der Waals surface area contributed by atoms with Crippen LogP contribution >= 0.6 is 0 Å². The van der Waals surface area contributed by atoms with Crippen molar-refractivity contribution >= 4 is 11.8 Å². The maximum absolute atomic E-state index is 12.7. The van der Waals surface area contributed by atoms with Crippen LogP contribution in [0.25, 0.3) is 0 Å². The lowest BCUT2D eigenvalue weighted by atomic mass is 9.78. The highest BCUT2D eigenvalue weighted by atomic mass is 16.2. The summed E-state index contributed by atoms with van der Waals surface area (Å²) < 4.78 is 0. The first-order chi connectivity index (χ1) is 11.9. The molecule has 1 saturated heterocycles. The standard InChI is InChI=1S/C21H30N2O2/c1-14-7-9-17(10-8-14)12-23-13-18(11-20(23)24)21(25)22-19-6-4-5-15(2)16(19)3/h7-10,15-16,18-19H,4-6,11-13H2,1-3H3,(H,22,25)/t15-,16+,18+,19+/m1/s1. The molecule has 2 amide bonds. The van der Waals surface area contributed by atoms with Crippen molar-refractivity contribution in [2.45, 2.75) is 59.0 Å². The van der Waals surface area contributed by atoms with Crippen molar-refractivity contribution in [3.8, 4) is 0 Å². The molecular weight excluding hydrogens is 312 g/mol. The highest BCUT2D eigenvalue weighted by Crippen LogP contribution is 2.30. The topological polar surface area (TPSA) is 49.4 Å². The van der Waals surface area contributed by atoms with Crippen LogP contribution in [0.1, 0.15) is 50.7 Å². The van der Waals surface area contributed by atoms with Gasteiger partial charge in [-0.15, -0.1) is 0 Å². The summed E-state index contributed by atoms with van der Waals surface area (Å²) in [5, 5.41) is 3.24. The van der Waals surface area contributed by atoms with E-state index in [0.717, 1.165) is 12.0 Å². The number of aryl methyl sites for hydroxylation is 1. The van der Waals surface area contributed by atoms with Crippen molar-refractivity contribution in [1.82, 2.24) is 10.2 Å². The van der Waals surface area contributed by atoms with Gasteiger partial charge in [0.15, 0.2) is 0 Å². The van der Waals surface area contributed by atoms with E-state index in [0.29, 0.717) is 31.3 Å². The van der Waals surface area contributed by atoms with Crippen LogP contribution in [-0.2, 0) is 16.1 Å². The van der Waals surface area contributed by atoms with Gasteiger partial charge in [0, 0.05) is 25.6 Å². The Hall–Kier alpha value is -1.84. The molecule has 1 heterocycles. The lowest BCUT2D eigenvalue weighted by Gasteiger charge is -2.35. The third-order valence-corrected chi connectivity index (χ3v) is 6.11. The van der Waals surface area contributed by atoms with Crippen LogP contribution in [0.2, 0.25) is 0 Å². The number of hydrogen-bond acceptors (Lipinski definition) is 2. The summed E-state index contributed by atoms with van der Waals surface area (Å²) in [4.78, 5) is 26.8. The summed E-state index contributed by atoms with van der Waals surface area (Å²) >= 11 is 0. The van der Waals surface area contributed by atoms with E-state index in [9.17, 15) is 9.59 Å². The maximum atomic E-state index is 12.7. The average molecular weight is 342 g/mol. The lowest BCUT2D eigenvalue weighted by molar-refractivity contribution is -0.129.